The van der Waals surface area contributed by atoms with Gasteiger partial charge in [0.25, 0.3) is 10.0 Å². The van der Waals surface area contributed by atoms with Crippen molar-refractivity contribution in [3.05, 3.63) is 29.7 Å². The normalized spacial score (nSPS) is 22.3. The highest BCUT2D eigenvalue weighted by atomic mass is 32.2. The van der Waals surface area contributed by atoms with E-state index in [0.717, 1.165) is 5.56 Å². The smallest absolute Gasteiger partial charge is 0.258 e. The van der Waals surface area contributed by atoms with E-state index in [-0.39, 0.29) is 17.0 Å². The predicted octanol–water partition coefficient (Wildman–Crippen LogP) is 0.735. The van der Waals surface area contributed by atoms with E-state index in [2.05, 4.69) is 14.9 Å². The van der Waals surface area contributed by atoms with Gasteiger partial charge in [0, 0.05) is 25.4 Å². The zero-order valence-corrected chi connectivity index (χ0v) is 14.9. The van der Waals surface area contributed by atoms with Crippen molar-refractivity contribution in [3.8, 4) is 0 Å². The molecule has 9 heteroatoms. The summed E-state index contributed by atoms with van der Waals surface area (Å²) in [5.41, 5.74) is 1.46. The summed E-state index contributed by atoms with van der Waals surface area (Å²) in [5.74, 6) is 0.0538. The second kappa shape index (κ2) is 6.30. The second-order valence-corrected chi connectivity index (χ2v) is 8.03. The predicted molar refractivity (Wildman–Crippen MR) is 87.6 cm³/mol. The van der Waals surface area contributed by atoms with Crippen LogP contribution >= 0.6 is 0 Å². The average Bonchev–Trinajstić information content (AvgIpc) is 3.08. The average molecular weight is 353 g/mol. The SMILES string of the molecule is CCn1nc(C)cc1S(=O)(=O)N[C@@H](c1cnn(C)c1)C1CC(O)C1. The van der Waals surface area contributed by atoms with Gasteiger partial charge >= 0.3 is 0 Å². The molecule has 0 bridgehead atoms. The van der Waals surface area contributed by atoms with Gasteiger partial charge in [0.05, 0.1) is 24.0 Å². The number of aliphatic hydroxyl groups excluding tert-OH is 1. The topological polar surface area (TPSA) is 102 Å². The van der Waals surface area contributed by atoms with Crippen molar-refractivity contribution in [1.82, 2.24) is 24.3 Å². The van der Waals surface area contributed by atoms with Gasteiger partial charge in [0.1, 0.15) is 0 Å². The highest BCUT2D eigenvalue weighted by Gasteiger charge is 2.38. The Morgan fingerprint density at radius 1 is 1.46 bits per heavy atom. The molecular formula is C15H23N5O3S. The quantitative estimate of drug-likeness (QED) is 0.797. The number of aliphatic hydroxyl groups is 1. The Morgan fingerprint density at radius 3 is 2.71 bits per heavy atom. The molecule has 132 valence electrons. The lowest BCUT2D eigenvalue weighted by Gasteiger charge is -2.37. The van der Waals surface area contributed by atoms with E-state index in [1.165, 1.54) is 4.68 Å². The molecule has 8 nitrogen and oxygen atoms in total. The maximum atomic E-state index is 12.9. The van der Waals surface area contributed by atoms with Gasteiger partial charge < -0.3 is 5.11 Å². The molecule has 0 radical (unpaired) electrons. The summed E-state index contributed by atoms with van der Waals surface area (Å²) in [6.07, 6.45) is 4.27. The molecule has 2 aromatic rings. The molecule has 3 rings (SSSR count). The van der Waals surface area contributed by atoms with E-state index >= 15 is 0 Å². The van der Waals surface area contributed by atoms with Crippen LogP contribution in [0.5, 0.6) is 0 Å². The summed E-state index contributed by atoms with van der Waals surface area (Å²) >= 11 is 0. The minimum absolute atomic E-state index is 0.0538. The Hall–Kier alpha value is -1.71. The monoisotopic (exact) mass is 353 g/mol. The molecular weight excluding hydrogens is 330 g/mol. The van der Waals surface area contributed by atoms with Gasteiger partial charge in [-0.2, -0.15) is 10.2 Å². The van der Waals surface area contributed by atoms with Gasteiger partial charge in [-0.25, -0.2) is 13.1 Å². The van der Waals surface area contributed by atoms with Crippen LogP contribution in [0.2, 0.25) is 0 Å². The van der Waals surface area contributed by atoms with Gasteiger partial charge in [-0.05, 0) is 38.7 Å². The third-order valence-electron chi connectivity index (χ3n) is 4.43. The van der Waals surface area contributed by atoms with Crippen molar-refractivity contribution in [2.24, 2.45) is 13.0 Å². The van der Waals surface area contributed by atoms with E-state index in [4.69, 9.17) is 0 Å². The first kappa shape index (κ1) is 17.1. The van der Waals surface area contributed by atoms with Crippen LogP contribution in [0.1, 0.15) is 37.1 Å². The van der Waals surface area contributed by atoms with Crippen molar-refractivity contribution in [1.29, 1.82) is 0 Å². The lowest BCUT2D eigenvalue weighted by molar-refractivity contribution is 0.0280. The first-order chi connectivity index (χ1) is 11.3. The Morgan fingerprint density at radius 2 is 2.17 bits per heavy atom. The van der Waals surface area contributed by atoms with E-state index in [1.54, 1.807) is 37.1 Å². The van der Waals surface area contributed by atoms with Crippen molar-refractivity contribution < 1.29 is 13.5 Å². The van der Waals surface area contributed by atoms with Crippen LogP contribution in [-0.4, -0.2) is 39.2 Å². The minimum Gasteiger partial charge on any atom is -0.393 e. The summed E-state index contributed by atoms with van der Waals surface area (Å²) in [4.78, 5) is 0. The molecule has 0 amide bonds. The minimum atomic E-state index is -3.73. The lowest BCUT2D eigenvalue weighted by atomic mass is 9.76. The van der Waals surface area contributed by atoms with Gasteiger partial charge in [-0.15, -0.1) is 0 Å². The molecule has 0 aliphatic heterocycles. The number of aromatic nitrogens is 4. The molecule has 1 fully saturated rings. The van der Waals surface area contributed by atoms with Crippen LogP contribution < -0.4 is 4.72 Å². The van der Waals surface area contributed by atoms with Crippen LogP contribution in [0.25, 0.3) is 0 Å². The molecule has 2 aromatic heterocycles. The van der Waals surface area contributed by atoms with Gasteiger partial charge in [-0.1, -0.05) is 0 Å². The molecule has 0 saturated heterocycles. The second-order valence-electron chi connectivity index (χ2n) is 6.37. The van der Waals surface area contributed by atoms with E-state index < -0.39 is 16.1 Å². The number of hydrogen-bond acceptors (Lipinski definition) is 5. The Labute approximate surface area is 141 Å². The van der Waals surface area contributed by atoms with Crippen LogP contribution in [0.4, 0.5) is 0 Å². The molecule has 24 heavy (non-hydrogen) atoms. The van der Waals surface area contributed by atoms with Crippen molar-refractivity contribution in [2.45, 2.75) is 50.4 Å². The zero-order chi connectivity index (χ0) is 17.5. The highest BCUT2D eigenvalue weighted by Crippen LogP contribution is 2.38. The van der Waals surface area contributed by atoms with E-state index in [1.807, 2.05) is 6.92 Å². The lowest BCUT2D eigenvalue weighted by Crippen LogP contribution is -2.41. The maximum absolute atomic E-state index is 12.9. The van der Waals surface area contributed by atoms with Gasteiger partial charge in [-0.3, -0.25) is 9.36 Å². The molecule has 1 atom stereocenters. The first-order valence-corrected chi connectivity index (χ1v) is 9.52. The molecule has 1 aliphatic carbocycles. The fraction of sp³-hybridized carbons (Fsp3) is 0.600. The highest BCUT2D eigenvalue weighted by molar-refractivity contribution is 7.89. The Bertz CT molecular complexity index is 820. The third-order valence-corrected chi connectivity index (χ3v) is 5.87. The molecule has 2 N–H and O–H groups in total. The van der Waals surface area contributed by atoms with E-state index in [9.17, 15) is 13.5 Å². The molecule has 1 saturated carbocycles. The number of nitrogens with one attached hydrogen (secondary N) is 1. The molecule has 0 unspecified atom stereocenters. The molecule has 0 spiro atoms. The summed E-state index contributed by atoms with van der Waals surface area (Å²) < 4.78 is 31.7. The molecule has 0 aromatic carbocycles. The Kier molecular flexibility index (Phi) is 4.50. The molecule has 2 heterocycles. The number of aryl methyl sites for hydroxylation is 3. The van der Waals surface area contributed by atoms with Crippen LogP contribution in [0.3, 0.4) is 0 Å². The summed E-state index contributed by atoms with van der Waals surface area (Å²) in [6.45, 7) is 4.10. The van der Waals surface area contributed by atoms with Crippen molar-refractivity contribution in [2.75, 3.05) is 0 Å². The number of sulfonamides is 1. The van der Waals surface area contributed by atoms with Crippen LogP contribution in [-0.2, 0) is 23.6 Å². The fourth-order valence-electron chi connectivity index (χ4n) is 3.13. The number of nitrogens with zero attached hydrogens (tertiary/aromatic N) is 4. The third kappa shape index (κ3) is 3.24. The van der Waals surface area contributed by atoms with Gasteiger partial charge in [0.2, 0.25) is 0 Å². The van der Waals surface area contributed by atoms with E-state index in [0.29, 0.717) is 25.1 Å². The van der Waals surface area contributed by atoms with Crippen LogP contribution in [0, 0.1) is 12.8 Å². The maximum Gasteiger partial charge on any atom is 0.258 e. The zero-order valence-electron chi connectivity index (χ0n) is 14.0. The summed E-state index contributed by atoms with van der Waals surface area (Å²) in [5, 5.41) is 18.1. The van der Waals surface area contributed by atoms with Gasteiger partial charge in [0.15, 0.2) is 5.03 Å². The van der Waals surface area contributed by atoms with Crippen LogP contribution in [0.15, 0.2) is 23.5 Å². The largest absolute Gasteiger partial charge is 0.393 e. The summed E-state index contributed by atoms with van der Waals surface area (Å²) in [6, 6.07) is 1.16. The van der Waals surface area contributed by atoms with Crippen molar-refractivity contribution >= 4 is 10.0 Å². The number of hydrogen-bond donors (Lipinski definition) is 2. The number of rotatable bonds is 6. The Balaban J connectivity index is 1.91. The fourth-order valence-corrected chi connectivity index (χ4v) is 4.69. The standard InChI is InChI=1S/C15H23N5O3S/c1-4-20-14(5-10(2)17-20)24(22,23)18-15(11-6-13(21)7-11)12-8-16-19(3)9-12/h5,8-9,11,13,15,18,21H,4,6-7H2,1-3H3/t11?,13?,15-/m1/s1. The molecule has 1 aliphatic rings. The van der Waals surface area contributed by atoms with Crippen molar-refractivity contribution in [3.63, 3.8) is 0 Å². The summed E-state index contributed by atoms with van der Waals surface area (Å²) in [7, 11) is -1.94. The first-order valence-electron chi connectivity index (χ1n) is 8.03.